The van der Waals surface area contributed by atoms with Gasteiger partial charge in [-0.25, -0.2) is 10.0 Å². The summed E-state index contributed by atoms with van der Waals surface area (Å²) in [6.45, 7) is 3.88. The van der Waals surface area contributed by atoms with Gasteiger partial charge in [0.05, 0.1) is 12.3 Å². The lowest BCUT2D eigenvalue weighted by molar-refractivity contribution is -0.120. The van der Waals surface area contributed by atoms with Gasteiger partial charge in [0.25, 0.3) is 11.8 Å². The number of amidine groups is 1. The molecule has 2 rings (SSSR count). The molecule has 0 spiro atoms. The number of methoxy groups -OCH3 is 1. The quantitative estimate of drug-likeness (QED) is 0.828. The maximum atomic E-state index is 12.2. The third kappa shape index (κ3) is 3.62. The fourth-order valence-corrected chi connectivity index (χ4v) is 2.09. The Morgan fingerprint density at radius 3 is 2.77 bits per heavy atom. The SMILES string of the molecule is COC[C@H](C)NC(=O)C1=N[C@@H](C)C(=O)N(c2ccccc2)N1. The van der Waals surface area contributed by atoms with Crippen molar-refractivity contribution in [1.82, 2.24) is 10.7 Å². The summed E-state index contributed by atoms with van der Waals surface area (Å²) in [4.78, 5) is 28.6. The first-order valence-corrected chi connectivity index (χ1v) is 7.06. The second-order valence-corrected chi connectivity index (χ2v) is 5.10. The number of hydrogen-bond acceptors (Lipinski definition) is 5. The van der Waals surface area contributed by atoms with E-state index in [1.807, 2.05) is 25.1 Å². The third-order valence-corrected chi connectivity index (χ3v) is 3.14. The number of nitrogens with one attached hydrogen (secondary N) is 2. The lowest BCUT2D eigenvalue weighted by atomic mass is 10.2. The Morgan fingerprint density at radius 1 is 1.45 bits per heavy atom. The average Bonchev–Trinajstić information content (AvgIpc) is 2.50. The highest BCUT2D eigenvalue weighted by atomic mass is 16.5. The first kappa shape index (κ1) is 16.0. The molecular weight excluding hydrogens is 284 g/mol. The fourth-order valence-electron chi connectivity index (χ4n) is 2.09. The van der Waals surface area contributed by atoms with Crippen LogP contribution in [0.3, 0.4) is 0 Å². The molecule has 7 heteroatoms. The molecule has 2 atom stereocenters. The maximum Gasteiger partial charge on any atom is 0.288 e. The summed E-state index contributed by atoms with van der Waals surface area (Å²) in [6, 6.07) is 8.29. The van der Waals surface area contributed by atoms with E-state index in [1.165, 1.54) is 5.01 Å². The van der Waals surface area contributed by atoms with E-state index in [4.69, 9.17) is 4.74 Å². The van der Waals surface area contributed by atoms with E-state index >= 15 is 0 Å². The lowest BCUT2D eigenvalue weighted by Crippen LogP contribution is -2.58. The Hall–Kier alpha value is -2.41. The molecule has 0 radical (unpaired) electrons. The molecule has 2 amide bonds. The van der Waals surface area contributed by atoms with Crippen LogP contribution in [-0.4, -0.2) is 43.5 Å². The van der Waals surface area contributed by atoms with Gasteiger partial charge >= 0.3 is 0 Å². The highest BCUT2D eigenvalue weighted by Crippen LogP contribution is 2.15. The predicted molar refractivity (Wildman–Crippen MR) is 83.4 cm³/mol. The summed E-state index contributed by atoms with van der Waals surface area (Å²) in [5.74, 6) is -0.476. The Morgan fingerprint density at radius 2 is 2.14 bits per heavy atom. The van der Waals surface area contributed by atoms with Crippen LogP contribution in [0.15, 0.2) is 35.3 Å². The van der Waals surface area contributed by atoms with Gasteiger partial charge in [-0.05, 0) is 26.0 Å². The van der Waals surface area contributed by atoms with Crippen LogP contribution in [0.1, 0.15) is 13.8 Å². The van der Waals surface area contributed by atoms with Crippen molar-refractivity contribution in [3.05, 3.63) is 30.3 Å². The number of para-hydroxylation sites is 1. The van der Waals surface area contributed by atoms with Crippen LogP contribution in [-0.2, 0) is 14.3 Å². The van der Waals surface area contributed by atoms with Gasteiger partial charge in [0.1, 0.15) is 6.04 Å². The van der Waals surface area contributed by atoms with E-state index in [0.29, 0.717) is 12.3 Å². The fraction of sp³-hybridized carbons (Fsp3) is 0.400. The molecule has 1 aliphatic rings. The van der Waals surface area contributed by atoms with Crippen LogP contribution in [0, 0.1) is 0 Å². The van der Waals surface area contributed by atoms with Crippen molar-refractivity contribution in [2.45, 2.75) is 25.9 Å². The van der Waals surface area contributed by atoms with Gasteiger partial charge in [0, 0.05) is 13.2 Å². The van der Waals surface area contributed by atoms with E-state index in [-0.39, 0.29) is 23.7 Å². The van der Waals surface area contributed by atoms with Crippen molar-refractivity contribution < 1.29 is 14.3 Å². The molecule has 2 N–H and O–H groups in total. The zero-order chi connectivity index (χ0) is 16.1. The molecule has 0 unspecified atom stereocenters. The summed E-state index contributed by atoms with van der Waals surface area (Å²) < 4.78 is 4.98. The number of carbonyl (C=O) groups excluding carboxylic acids is 2. The number of hydrogen-bond donors (Lipinski definition) is 2. The van der Waals surface area contributed by atoms with Gasteiger partial charge < -0.3 is 10.1 Å². The topological polar surface area (TPSA) is 83.0 Å². The molecule has 1 aromatic rings. The van der Waals surface area contributed by atoms with Gasteiger partial charge in [-0.15, -0.1) is 0 Å². The molecular formula is C15H20N4O3. The van der Waals surface area contributed by atoms with Gasteiger partial charge in [-0.1, -0.05) is 18.2 Å². The van der Waals surface area contributed by atoms with E-state index in [2.05, 4.69) is 15.7 Å². The molecule has 0 fully saturated rings. The minimum atomic E-state index is -0.625. The number of aliphatic imine (C=N–C) groups is 1. The number of hydrazine groups is 1. The summed E-state index contributed by atoms with van der Waals surface area (Å²) in [7, 11) is 1.57. The predicted octanol–water partition coefficient (Wildman–Crippen LogP) is 0.476. The molecule has 1 heterocycles. The molecule has 0 bridgehead atoms. The summed E-state index contributed by atoms with van der Waals surface area (Å²) in [5.41, 5.74) is 3.44. The summed E-state index contributed by atoms with van der Waals surface area (Å²) >= 11 is 0. The van der Waals surface area contributed by atoms with Gasteiger partial charge in [0.2, 0.25) is 5.84 Å². The van der Waals surface area contributed by atoms with E-state index in [0.717, 1.165) is 0 Å². The Bertz CT molecular complexity index is 573. The van der Waals surface area contributed by atoms with Crippen molar-refractivity contribution in [2.24, 2.45) is 4.99 Å². The molecule has 1 aliphatic heterocycles. The van der Waals surface area contributed by atoms with Gasteiger partial charge in [0.15, 0.2) is 0 Å². The van der Waals surface area contributed by atoms with Crippen molar-refractivity contribution in [3.8, 4) is 0 Å². The number of carbonyl (C=O) groups is 2. The maximum absolute atomic E-state index is 12.2. The zero-order valence-corrected chi connectivity index (χ0v) is 12.9. The molecule has 0 saturated heterocycles. The van der Waals surface area contributed by atoms with Crippen LogP contribution in [0.4, 0.5) is 5.69 Å². The minimum Gasteiger partial charge on any atom is -0.383 e. The largest absolute Gasteiger partial charge is 0.383 e. The number of amides is 2. The second-order valence-electron chi connectivity index (χ2n) is 5.10. The molecule has 0 aliphatic carbocycles. The first-order valence-electron chi connectivity index (χ1n) is 7.06. The zero-order valence-electron chi connectivity index (χ0n) is 12.9. The molecule has 7 nitrogen and oxygen atoms in total. The van der Waals surface area contributed by atoms with Crippen LogP contribution < -0.4 is 15.8 Å². The van der Waals surface area contributed by atoms with Crippen molar-refractivity contribution >= 4 is 23.3 Å². The molecule has 0 aromatic heterocycles. The third-order valence-electron chi connectivity index (χ3n) is 3.14. The van der Waals surface area contributed by atoms with Crippen molar-refractivity contribution in [1.29, 1.82) is 0 Å². The van der Waals surface area contributed by atoms with E-state index < -0.39 is 6.04 Å². The van der Waals surface area contributed by atoms with Gasteiger partial charge in [-0.2, -0.15) is 0 Å². The first-order chi connectivity index (χ1) is 10.5. The average molecular weight is 304 g/mol. The van der Waals surface area contributed by atoms with E-state index in [9.17, 15) is 9.59 Å². The van der Waals surface area contributed by atoms with Crippen molar-refractivity contribution in [3.63, 3.8) is 0 Å². The second kappa shape index (κ2) is 7.04. The number of rotatable bonds is 5. The molecule has 22 heavy (non-hydrogen) atoms. The lowest BCUT2D eigenvalue weighted by Gasteiger charge is -2.30. The Kier molecular flexibility index (Phi) is 5.11. The van der Waals surface area contributed by atoms with Crippen LogP contribution >= 0.6 is 0 Å². The van der Waals surface area contributed by atoms with E-state index in [1.54, 1.807) is 26.2 Å². The van der Waals surface area contributed by atoms with Gasteiger partial charge in [-0.3, -0.25) is 15.0 Å². The van der Waals surface area contributed by atoms with Crippen molar-refractivity contribution in [2.75, 3.05) is 18.7 Å². The van der Waals surface area contributed by atoms with Crippen LogP contribution in [0.5, 0.6) is 0 Å². The van der Waals surface area contributed by atoms with Crippen LogP contribution in [0.25, 0.3) is 0 Å². The van der Waals surface area contributed by atoms with Crippen LogP contribution in [0.2, 0.25) is 0 Å². The number of ether oxygens (including phenoxy) is 1. The molecule has 118 valence electrons. The standard InChI is InChI=1S/C15H20N4O3/c1-10(9-22-3)16-14(20)13-17-11(2)15(21)19(18-13)12-7-5-4-6-8-12/h4-8,10-11H,9H2,1-3H3,(H,16,20)(H,17,18)/t10-,11-/m0/s1. The molecule has 0 saturated carbocycles. The number of anilines is 1. The normalized spacial score (nSPS) is 19.2. The summed E-state index contributed by atoms with van der Waals surface area (Å²) in [6.07, 6.45) is 0. The monoisotopic (exact) mass is 304 g/mol. The Labute approximate surface area is 129 Å². The minimum absolute atomic E-state index is 0.110. The highest BCUT2D eigenvalue weighted by molar-refractivity contribution is 6.39. The number of nitrogens with zero attached hydrogens (tertiary/aromatic N) is 2. The highest BCUT2D eigenvalue weighted by Gasteiger charge is 2.30. The smallest absolute Gasteiger partial charge is 0.288 e. The Balaban J connectivity index is 2.15. The summed E-state index contributed by atoms with van der Waals surface area (Å²) in [5, 5.41) is 4.10. The number of benzene rings is 1. The molecule has 1 aromatic carbocycles.